The summed E-state index contributed by atoms with van der Waals surface area (Å²) in [4.78, 5) is 13.7. The largest absolute Gasteiger partial charge is 0.433 e. The van der Waals surface area contributed by atoms with Gasteiger partial charge in [0, 0.05) is 50.3 Å². The summed E-state index contributed by atoms with van der Waals surface area (Å²) >= 11 is 1.72. The minimum Gasteiger partial charge on any atom is -0.296 e. The van der Waals surface area contributed by atoms with Crippen molar-refractivity contribution >= 4 is 11.3 Å². The Bertz CT molecular complexity index is 721. The molecule has 2 aromatic heterocycles. The first-order valence-corrected chi connectivity index (χ1v) is 9.03. The Morgan fingerprint density at radius 1 is 1.08 bits per heavy atom. The summed E-state index contributed by atoms with van der Waals surface area (Å²) in [7, 11) is 0. The lowest BCUT2D eigenvalue weighted by atomic mass is 10.1. The molecule has 0 amide bonds. The summed E-state index contributed by atoms with van der Waals surface area (Å²) < 4.78 is 39.2. The van der Waals surface area contributed by atoms with Crippen LogP contribution < -0.4 is 0 Å². The lowest BCUT2D eigenvalue weighted by Gasteiger charge is -2.34. The second-order valence-corrected chi connectivity index (χ2v) is 7.59. The van der Waals surface area contributed by atoms with E-state index in [-0.39, 0.29) is 12.1 Å². The summed E-state index contributed by atoms with van der Waals surface area (Å²) in [5, 5.41) is 1.07. The van der Waals surface area contributed by atoms with Crippen LogP contribution in [0, 0.1) is 13.8 Å². The molecule has 0 N–H and O–H groups in total. The van der Waals surface area contributed by atoms with Crippen LogP contribution in [0.5, 0.6) is 0 Å². The highest BCUT2D eigenvalue weighted by atomic mass is 32.1. The molecule has 0 unspecified atom stereocenters. The van der Waals surface area contributed by atoms with Crippen LogP contribution in [0.3, 0.4) is 0 Å². The lowest BCUT2D eigenvalue weighted by Crippen LogP contribution is -2.45. The molecule has 0 aromatic carbocycles. The van der Waals surface area contributed by atoms with Gasteiger partial charge in [-0.2, -0.15) is 13.2 Å². The molecule has 1 saturated heterocycles. The first-order chi connectivity index (χ1) is 11.8. The molecule has 8 heteroatoms. The molecule has 1 aliphatic rings. The van der Waals surface area contributed by atoms with Gasteiger partial charge in [-0.3, -0.25) is 14.8 Å². The van der Waals surface area contributed by atoms with Gasteiger partial charge in [-0.15, -0.1) is 11.3 Å². The van der Waals surface area contributed by atoms with Gasteiger partial charge in [-0.05, 0) is 25.5 Å². The zero-order valence-electron chi connectivity index (χ0n) is 14.3. The molecule has 0 radical (unpaired) electrons. The number of aromatic nitrogens is 2. The van der Waals surface area contributed by atoms with E-state index in [2.05, 4.69) is 19.8 Å². The average Bonchev–Trinajstić information content (AvgIpc) is 2.86. The number of rotatable bonds is 4. The number of piperazine rings is 1. The van der Waals surface area contributed by atoms with E-state index >= 15 is 0 Å². The number of thiazole rings is 1. The summed E-state index contributed by atoms with van der Waals surface area (Å²) in [5.41, 5.74) is 0.556. The van der Waals surface area contributed by atoms with Crippen LogP contribution in [0.1, 0.15) is 26.8 Å². The summed E-state index contributed by atoms with van der Waals surface area (Å²) in [5.74, 6) is 0. The number of hydrogen-bond acceptors (Lipinski definition) is 5. The van der Waals surface area contributed by atoms with Crippen molar-refractivity contribution in [2.45, 2.75) is 33.1 Å². The zero-order valence-corrected chi connectivity index (χ0v) is 15.1. The summed E-state index contributed by atoms with van der Waals surface area (Å²) in [6, 6.07) is 3.08. The van der Waals surface area contributed by atoms with Crippen LogP contribution in [0.15, 0.2) is 18.3 Å². The van der Waals surface area contributed by atoms with E-state index in [0.717, 1.165) is 43.4 Å². The van der Waals surface area contributed by atoms with Crippen molar-refractivity contribution in [3.05, 3.63) is 45.2 Å². The van der Waals surface area contributed by atoms with Crippen LogP contribution in [0.2, 0.25) is 0 Å². The third-order valence-electron chi connectivity index (χ3n) is 4.39. The van der Waals surface area contributed by atoms with Gasteiger partial charge in [0.05, 0.1) is 10.7 Å². The maximum absolute atomic E-state index is 13.1. The molecule has 0 aliphatic carbocycles. The van der Waals surface area contributed by atoms with Crippen LogP contribution >= 0.6 is 11.3 Å². The van der Waals surface area contributed by atoms with Crippen molar-refractivity contribution in [2.75, 3.05) is 26.2 Å². The SMILES string of the molecule is Cc1nc(C)c(CN2CCN(Cc3cccnc3C(F)(F)F)CC2)s1. The second kappa shape index (κ2) is 7.39. The van der Waals surface area contributed by atoms with Gasteiger partial charge < -0.3 is 0 Å². The second-order valence-electron chi connectivity index (χ2n) is 6.30. The molecular formula is C17H21F3N4S. The van der Waals surface area contributed by atoms with Gasteiger partial charge in [-0.25, -0.2) is 4.98 Å². The van der Waals surface area contributed by atoms with Crippen LogP contribution in [-0.4, -0.2) is 45.9 Å². The number of aryl methyl sites for hydroxylation is 2. The normalized spacial score (nSPS) is 17.2. The number of halogens is 3. The highest BCUT2D eigenvalue weighted by Crippen LogP contribution is 2.30. The van der Waals surface area contributed by atoms with Crippen molar-refractivity contribution in [3.63, 3.8) is 0 Å². The van der Waals surface area contributed by atoms with Crippen molar-refractivity contribution in [1.82, 2.24) is 19.8 Å². The summed E-state index contributed by atoms with van der Waals surface area (Å²) in [6.07, 6.45) is -3.20. The Balaban J connectivity index is 1.57. The van der Waals surface area contributed by atoms with E-state index in [1.165, 1.54) is 17.1 Å². The van der Waals surface area contributed by atoms with Crippen molar-refractivity contribution in [1.29, 1.82) is 0 Å². The maximum Gasteiger partial charge on any atom is 0.433 e. The van der Waals surface area contributed by atoms with Gasteiger partial charge >= 0.3 is 6.18 Å². The highest BCUT2D eigenvalue weighted by Gasteiger charge is 2.35. The van der Waals surface area contributed by atoms with Gasteiger partial charge in [0.2, 0.25) is 0 Å². The van der Waals surface area contributed by atoms with Crippen molar-refractivity contribution in [3.8, 4) is 0 Å². The minimum atomic E-state index is -4.40. The monoisotopic (exact) mass is 370 g/mol. The fraction of sp³-hybridized carbons (Fsp3) is 0.529. The molecule has 3 rings (SSSR count). The first kappa shape index (κ1) is 18.3. The number of alkyl halides is 3. The lowest BCUT2D eigenvalue weighted by molar-refractivity contribution is -0.142. The van der Waals surface area contributed by atoms with Gasteiger partial charge in [-0.1, -0.05) is 6.07 Å². The Labute approximate surface area is 149 Å². The zero-order chi connectivity index (χ0) is 18.0. The van der Waals surface area contributed by atoms with Gasteiger partial charge in [0.25, 0.3) is 0 Å². The molecule has 1 aliphatic heterocycles. The van der Waals surface area contributed by atoms with Crippen LogP contribution in [0.4, 0.5) is 13.2 Å². The predicted molar refractivity (Wildman–Crippen MR) is 91.4 cm³/mol. The van der Waals surface area contributed by atoms with Gasteiger partial charge in [0.15, 0.2) is 0 Å². The molecule has 4 nitrogen and oxygen atoms in total. The van der Waals surface area contributed by atoms with E-state index < -0.39 is 11.9 Å². The van der Waals surface area contributed by atoms with E-state index in [9.17, 15) is 13.2 Å². The molecule has 0 atom stereocenters. The van der Waals surface area contributed by atoms with E-state index in [1.807, 2.05) is 13.8 Å². The summed E-state index contributed by atoms with van der Waals surface area (Å²) in [6.45, 7) is 8.38. The molecule has 136 valence electrons. The molecule has 2 aromatic rings. The van der Waals surface area contributed by atoms with Gasteiger partial charge in [0.1, 0.15) is 5.69 Å². The number of hydrogen-bond donors (Lipinski definition) is 0. The topological polar surface area (TPSA) is 32.3 Å². The third-order valence-corrected chi connectivity index (χ3v) is 5.44. The van der Waals surface area contributed by atoms with E-state index in [0.29, 0.717) is 0 Å². The predicted octanol–water partition coefficient (Wildman–Crippen LogP) is 3.49. The minimum absolute atomic E-state index is 0.248. The van der Waals surface area contributed by atoms with E-state index in [1.54, 1.807) is 17.4 Å². The molecule has 25 heavy (non-hydrogen) atoms. The smallest absolute Gasteiger partial charge is 0.296 e. The molecule has 0 bridgehead atoms. The highest BCUT2D eigenvalue weighted by molar-refractivity contribution is 7.11. The van der Waals surface area contributed by atoms with E-state index in [4.69, 9.17) is 0 Å². The Morgan fingerprint density at radius 3 is 2.28 bits per heavy atom. The van der Waals surface area contributed by atoms with Crippen LogP contribution in [0.25, 0.3) is 0 Å². The van der Waals surface area contributed by atoms with Crippen molar-refractivity contribution in [2.24, 2.45) is 0 Å². The molecular weight excluding hydrogens is 349 g/mol. The Hall–Kier alpha value is -1.51. The third kappa shape index (κ3) is 4.56. The molecule has 1 fully saturated rings. The van der Waals surface area contributed by atoms with Crippen LogP contribution in [-0.2, 0) is 19.3 Å². The quantitative estimate of drug-likeness (QED) is 0.825. The fourth-order valence-electron chi connectivity index (χ4n) is 3.09. The molecule has 0 saturated carbocycles. The Morgan fingerprint density at radius 2 is 1.72 bits per heavy atom. The number of pyridine rings is 1. The standard InChI is InChI=1S/C17H21F3N4S/c1-12-15(25-13(2)22-12)11-24-8-6-23(7-9-24)10-14-4-3-5-21-16(14)17(18,19)20/h3-5H,6-11H2,1-2H3. The molecule has 0 spiro atoms. The average molecular weight is 370 g/mol. The molecule has 3 heterocycles. The van der Waals surface area contributed by atoms with Crippen molar-refractivity contribution < 1.29 is 13.2 Å². The first-order valence-electron chi connectivity index (χ1n) is 8.21. The number of nitrogens with zero attached hydrogens (tertiary/aromatic N) is 4. The fourth-order valence-corrected chi connectivity index (χ4v) is 4.07. The maximum atomic E-state index is 13.1. The Kier molecular flexibility index (Phi) is 5.41.